The first-order valence-electron chi connectivity index (χ1n) is 6.11. The highest BCUT2D eigenvalue weighted by molar-refractivity contribution is 5.60. The molecule has 0 aliphatic rings. The third kappa shape index (κ3) is 2.54. The van der Waals surface area contributed by atoms with Crippen molar-refractivity contribution in [3.8, 4) is 17.1 Å². The van der Waals surface area contributed by atoms with Gasteiger partial charge < -0.3 is 15.0 Å². The number of nitrogens with two attached hydrogens (primary N) is 1. The van der Waals surface area contributed by atoms with Gasteiger partial charge in [-0.25, -0.2) is 0 Å². The zero-order valence-electron chi connectivity index (χ0n) is 10.8. The minimum atomic E-state index is 0.578. The molecule has 0 aliphatic carbocycles. The summed E-state index contributed by atoms with van der Waals surface area (Å²) in [4.78, 5) is 0. The van der Waals surface area contributed by atoms with Crippen LogP contribution in [0.4, 0.5) is 0 Å². The van der Waals surface area contributed by atoms with Crippen LogP contribution in [0.1, 0.15) is 18.2 Å². The third-order valence-corrected chi connectivity index (χ3v) is 2.91. The van der Waals surface area contributed by atoms with Gasteiger partial charge in [0.25, 0.3) is 0 Å². The van der Waals surface area contributed by atoms with E-state index in [0.29, 0.717) is 6.54 Å². The van der Waals surface area contributed by atoms with Crippen LogP contribution < -0.4 is 10.5 Å². The van der Waals surface area contributed by atoms with E-state index in [1.54, 1.807) is 7.11 Å². The van der Waals surface area contributed by atoms with Gasteiger partial charge in [-0.15, -0.1) is 0 Å². The summed E-state index contributed by atoms with van der Waals surface area (Å²) in [7, 11) is 1.68. The largest absolute Gasteiger partial charge is 0.496 e. The molecular weight excluding hydrogens is 228 g/mol. The van der Waals surface area contributed by atoms with Crippen molar-refractivity contribution >= 4 is 0 Å². The zero-order chi connectivity index (χ0) is 13.0. The van der Waals surface area contributed by atoms with Crippen LogP contribution >= 0.6 is 0 Å². The monoisotopic (exact) mass is 246 g/mol. The lowest BCUT2D eigenvalue weighted by atomic mass is 10.1. The molecule has 0 aliphatic heterocycles. The second-order valence-corrected chi connectivity index (χ2v) is 4.10. The molecule has 0 bridgehead atoms. The molecule has 0 radical (unpaired) electrons. The Morgan fingerprint density at radius 2 is 2.17 bits per heavy atom. The second kappa shape index (κ2) is 5.69. The number of hydrogen-bond donors (Lipinski definition) is 1. The quantitative estimate of drug-likeness (QED) is 0.880. The van der Waals surface area contributed by atoms with E-state index in [4.69, 9.17) is 15.0 Å². The summed E-state index contributed by atoms with van der Waals surface area (Å²) in [5.74, 6) is 1.68. The number of benzene rings is 1. The van der Waals surface area contributed by atoms with Crippen molar-refractivity contribution in [2.75, 3.05) is 13.7 Å². The summed E-state index contributed by atoms with van der Waals surface area (Å²) in [6.45, 7) is 2.68. The minimum absolute atomic E-state index is 0.578. The van der Waals surface area contributed by atoms with Crippen molar-refractivity contribution in [1.29, 1.82) is 0 Å². The molecule has 2 aromatic rings. The number of methoxy groups -OCH3 is 1. The summed E-state index contributed by atoms with van der Waals surface area (Å²) in [5, 5.41) is 3.99. The first-order valence-corrected chi connectivity index (χ1v) is 6.11. The van der Waals surface area contributed by atoms with Crippen LogP contribution in [0, 0.1) is 0 Å². The van der Waals surface area contributed by atoms with Crippen LogP contribution in [-0.2, 0) is 12.8 Å². The van der Waals surface area contributed by atoms with Gasteiger partial charge in [0.05, 0.1) is 12.8 Å². The molecule has 0 amide bonds. The molecule has 4 nitrogen and oxygen atoms in total. The van der Waals surface area contributed by atoms with Gasteiger partial charge in [0.2, 0.25) is 0 Å². The first kappa shape index (κ1) is 12.6. The summed E-state index contributed by atoms with van der Waals surface area (Å²) in [6, 6.07) is 7.95. The maximum absolute atomic E-state index is 5.49. The van der Waals surface area contributed by atoms with Gasteiger partial charge in [0, 0.05) is 18.1 Å². The summed E-state index contributed by atoms with van der Waals surface area (Å²) < 4.78 is 10.6. The second-order valence-electron chi connectivity index (χ2n) is 4.10. The van der Waals surface area contributed by atoms with Gasteiger partial charge in [-0.05, 0) is 36.7 Å². The molecule has 0 atom stereocenters. The molecule has 96 valence electrons. The van der Waals surface area contributed by atoms with Crippen molar-refractivity contribution in [3.05, 3.63) is 35.5 Å². The lowest BCUT2D eigenvalue weighted by Crippen LogP contribution is -2.02. The van der Waals surface area contributed by atoms with Gasteiger partial charge in [0.1, 0.15) is 5.75 Å². The van der Waals surface area contributed by atoms with Gasteiger partial charge in [0.15, 0.2) is 5.76 Å². The van der Waals surface area contributed by atoms with Gasteiger partial charge in [-0.2, -0.15) is 0 Å². The molecule has 18 heavy (non-hydrogen) atoms. The maximum atomic E-state index is 5.49. The Balaban J connectivity index is 2.31. The highest BCUT2D eigenvalue weighted by Gasteiger charge is 2.09. The number of rotatable bonds is 5. The molecule has 0 saturated heterocycles. The van der Waals surface area contributed by atoms with E-state index < -0.39 is 0 Å². The molecule has 0 spiro atoms. The average molecular weight is 246 g/mol. The Labute approximate surface area is 107 Å². The number of aryl methyl sites for hydroxylation is 1. The molecule has 1 aromatic heterocycles. The highest BCUT2D eigenvalue weighted by atomic mass is 16.5. The topological polar surface area (TPSA) is 61.3 Å². The lowest BCUT2D eigenvalue weighted by Gasteiger charge is -2.07. The molecule has 1 heterocycles. The van der Waals surface area contributed by atoms with Crippen molar-refractivity contribution < 1.29 is 9.26 Å². The molecule has 1 aromatic carbocycles. The molecule has 4 heteroatoms. The average Bonchev–Trinajstić information content (AvgIpc) is 2.87. The fourth-order valence-corrected chi connectivity index (χ4v) is 1.92. The van der Waals surface area contributed by atoms with Crippen LogP contribution in [0.15, 0.2) is 28.8 Å². The van der Waals surface area contributed by atoms with Crippen molar-refractivity contribution in [3.63, 3.8) is 0 Å². The minimum Gasteiger partial charge on any atom is -0.496 e. The standard InChI is InChI=1S/C14H18N2O2/c1-3-10-8-11(4-5-13(10)17-2)14-9-12(6-7-15)16-18-14/h4-5,8-9H,3,6-7,15H2,1-2H3. The Hall–Kier alpha value is -1.81. The van der Waals surface area contributed by atoms with E-state index in [1.165, 1.54) is 0 Å². The summed E-state index contributed by atoms with van der Waals surface area (Å²) in [6.07, 6.45) is 1.65. The van der Waals surface area contributed by atoms with E-state index >= 15 is 0 Å². The van der Waals surface area contributed by atoms with E-state index in [1.807, 2.05) is 18.2 Å². The number of nitrogens with zero attached hydrogens (tertiary/aromatic N) is 1. The van der Waals surface area contributed by atoms with Crippen LogP contribution in [0.25, 0.3) is 11.3 Å². The Morgan fingerprint density at radius 3 is 2.83 bits per heavy atom. The van der Waals surface area contributed by atoms with Crippen molar-refractivity contribution in [2.24, 2.45) is 5.73 Å². The molecule has 2 N–H and O–H groups in total. The number of ether oxygens (including phenoxy) is 1. The Morgan fingerprint density at radius 1 is 1.33 bits per heavy atom. The molecule has 0 unspecified atom stereocenters. The van der Waals surface area contributed by atoms with Crippen molar-refractivity contribution in [2.45, 2.75) is 19.8 Å². The van der Waals surface area contributed by atoms with Gasteiger partial charge >= 0.3 is 0 Å². The molecule has 2 rings (SSSR count). The lowest BCUT2D eigenvalue weighted by molar-refractivity contribution is 0.409. The zero-order valence-corrected chi connectivity index (χ0v) is 10.8. The third-order valence-electron chi connectivity index (χ3n) is 2.91. The van der Waals surface area contributed by atoms with E-state index in [0.717, 1.165) is 41.2 Å². The van der Waals surface area contributed by atoms with E-state index in [2.05, 4.69) is 18.1 Å². The van der Waals surface area contributed by atoms with Crippen LogP contribution in [0.2, 0.25) is 0 Å². The Kier molecular flexibility index (Phi) is 3.99. The molecular formula is C14H18N2O2. The van der Waals surface area contributed by atoms with E-state index in [-0.39, 0.29) is 0 Å². The predicted molar refractivity (Wildman–Crippen MR) is 70.6 cm³/mol. The Bertz CT molecular complexity index is 520. The normalized spacial score (nSPS) is 10.6. The molecule has 0 saturated carbocycles. The van der Waals surface area contributed by atoms with Crippen LogP contribution in [0.3, 0.4) is 0 Å². The highest BCUT2D eigenvalue weighted by Crippen LogP contribution is 2.27. The van der Waals surface area contributed by atoms with Gasteiger partial charge in [-0.1, -0.05) is 12.1 Å². The number of aromatic nitrogens is 1. The summed E-state index contributed by atoms with van der Waals surface area (Å²) in [5.41, 5.74) is 8.56. The van der Waals surface area contributed by atoms with Crippen molar-refractivity contribution in [1.82, 2.24) is 5.16 Å². The molecule has 0 fully saturated rings. The van der Waals surface area contributed by atoms with Gasteiger partial charge in [-0.3, -0.25) is 0 Å². The summed E-state index contributed by atoms with van der Waals surface area (Å²) >= 11 is 0. The fourth-order valence-electron chi connectivity index (χ4n) is 1.92. The smallest absolute Gasteiger partial charge is 0.167 e. The first-order chi connectivity index (χ1) is 8.78. The van der Waals surface area contributed by atoms with Crippen LogP contribution in [0.5, 0.6) is 5.75 Å². The predicted octanol–water partition coefficient (Wildman–Crippen LogP) is 2.41. The maximum Gasteiger partial charge on any atom is 0.167 e. The SMILES string of the molecule is CCc1cc(-c2cc(CCN)no2)ccc1OC. The fraction of sp³-hybridized carbons (Fsp3) is 0.357. The van der Waals surface area contributed by atoms with E-state index in [9.17, 15) is 0 Å². The van der Waals surface area contributed by atoms with Crippen LogP contribution in [-0.4, -0.2) is 18.8 Å². The number of hydrogen-bond acceptors (Lipinski definition) is 4.